The summed E-state index contributed by atoms with van der Waals surface area (Å²) in [7, 11) is 0. The van der Waals surface area contributed by atoms with Gasteiger partial charge in [0.25, 0.3) is 5.91 Å². The molecule has 0 radical (unpaired) electrons. The van der Waals surface area contributed by atoms with Gasteiger partial charge in [-0.25, -0.2) is 8.78 Å². The molecular weight excluding hydrogens is 328 g/mol. The molecule has 25 heavy (non-hydrogen) atoms. The van der Waals surface area contributed by atoms with Crippen LogP contribution in [-0.4, -0.2) is 22.8 Å². The number of benzene rings is 2. The fraction of sp³-hybridized carbons (Fsp3) is 0.111. The standard InChI is InChI=1S/C18H15F2N3O2/c19-13-6-5-10(7-14(13)20)18(25)23-16(17(21)24)8-11-9-22-15-4-2-1-3-12(11)15/h1-7,9,16,22H,8H2,(H2,21,24)(H,23,25)/t16-/m1/s1. The summed E-state index contributed by atoms with van der Waals surface area (Å²) < 4.78 is 26.2. The number of rotatable bonds is 5. The molecule has 0 fully saturated rings. The van der Waals surface area contributed by atoms with E-state index in [-0.39, 0.29) is 12.0 Å². The van der Waals surface area contributed by atoms with E-state index >= 15 is 0 Å². The zero-order valence-corrected chi connectivity index (χ0v) is 13.1. The zero-order chi connectivity index (χ0) is 18.0. The first-order valence-electron chi connectivity index (χ1n) is 7.56. The van der Waals surface area contributed by atoms with Gasteiger partial charge in [0.1, 0.15) is 6.04 Å². The van der Waals surface area contributed by atoms with E-state index in [0.717, 1.165) is 34.7 Å². The number of nitrogens with two attached hydrogens (primary N) is 1. The van der Waals surface area contributed by atoms with Crippen molar-refractivity contribution in [2.45, 2.75) is 12.5 Å². The first-order valence-corrected chi connectivity index (χ1v) is 7.56. The summed E-state index contributed by atoms with van der Waals surface area (Å²) in [5.41, 5.74) is 6.99. The topological polar surface area (TPSA) is 88.0 Å². The lowest BCUT2D eigenvalue weighted by Gasteiger charge is -2.15. The Morgan fingerprint density at radius 3 is 2.60 bits per heavy atom. The molecule has 1 heterocycles. The first-order chi connectivity index (χ1) is 12.0. The van der Waals surface area contributed by atoms with Gasteiger partial charge in [-0.05, 0) is 29.8 Å². The number of para-hydroxylation sites is 1. The molecule has 4 N–H and O–H groups in total. The van der Waals surface area contributed by atoms with Crippen molar-refractivity contribution in [3.63, 3.8) is 0 Å². The lowest BCUT2D eigenvalue weighted by Crippen LogP contribution is -2.45. The molecule has 2 aromatic carbocycles. The molecule has 0 aliphatic carbocycles. The molecule has 3 aromatic rings. The van der Waals surface area contributed by atoms with Crippen molar-refractivity contribution >= 4 is 22.7 Å². The fourth-order valence-corrected chi connectivity index (χ4v) is 2.62. The molecule has 1 aromatic heterocycles. The summed E-state index contributed by atoms with van der Waals surface area (Å²) >= 11 is 0. The van der Waals surface area contributed by atoms with Gasteiger partial charge in [-0.2, -0.15) is 0 Å². The lowest BCUT2D eigenvalue weighted by molar-refractivity contribution is -0.119. The van der Waals surface area contributed by atoms with E-state index in [1.165, 1.54) is 0 Å². The van der Waals surface area contributed by atoms with Crippen molar-refractivity contribution in [1.29, 1.82) is 0 Å². The van der Waals surface area contributed by atoms with Gasteiger partial charge in [0.05, 0.1) is 0 Å². The smallest absolute Gasteiger partial charge is 0.252 e. The van der Waals surface area contributed by atoms with Gasteiger partial charge in [-0.15, -0.1) is 0 Å². The highest BCUT2D eigenvalue weighted by atomic mass is 19.2. The van der Waals surface area contributed by atoms with Gasteiger partial charge in [0, 0.05) is 29.1 Å². The highest BCUT2D eigenvalue weighted by Gasteiger charge is 2.21. The van der Waals surface area contributed by atoms with E-state index in [2.05, 4.69) is 10.3 Å². The maximum atomic E-state index is 13.3. The molecule has 1 atom stereocenters. The summed E-state index contributed by atoms with van der Waals surface area (Å²) in [5, 5.41) is 3.38. The predicted octanol–water partition coefficient (Wildman–Crippen LogP) is 2.27. The van der Waals surface area contributed by atoms with Crippen LogP contribution in [-0.2, 0) is 11.2 Å². The summed E-state index contributed by atoms with van der Waals surface area (Å²) in [5.74, 6) is -3.62. The third-order valence-electron chi connectivity index (χ3n) is 3.93. The maximum Gasteiger partial charge on any atom is 0.252 e. The Hall–Kier alpha value is -3.22. The van der Waals surface area contributed by atoms with Crippen LogP contribution in [0, 0.1) is 11.6 Å². The summed E-state index contributed by atoms with van der Waals surface area (Å²) in [6.07, 6.45) is 1.92. The normalized spacial score (nSPS) is 12.1. The van der Waals surface area contributed by atoms with Crippen molar-refractivity contribution in [2.75, 3.05) is 0 Å². The summed E-state index contributed by atoms with van der Waals surface area (Å²) in [6, 6.07) is 9.28. The van der Waals surface area contributed by atoms with Crippen molar-refractivity contribution in [2.24, 2.45) is 5.73 Å². The Morgan fingerprint density at radius 2 is 1.88 bits per heavy atom. The molecule has 128 valence electrons. The molecular formula is C18H15F2N3O2. The largest absolute Gasteiger partial charge is 0.368 e. The second kappa shape index (κ2) is 6.72. The summed E-state index contributed by atoms with van der Waals surface area (Å²) in [4.78, 5) is 27.0. The Labute approximate surface area is 141 Å². The highest BCUT2D eigenvalue weighted by molar-refractivity contribution is 5.97. The number of carbonyl (C=O) groups excluding carboxylic acids is 2. The van der Waals surface area contributed by atoms with E-state index in [1.807, 2.05) is 24.3 Å². The average molecular weight is 343 g/mol. The number of hydrogen-bond acceptors (Lipinski definition) is 2. The summed E-state index contributed by atoms with van der Waals surface area (Å²) in [6.45, 7) is 0. The molecule has 7 heteroatoms. The van der Waals surface area contributed by atoms with Gasteiger partial charge in [-0.1, -0.05) is 18.2 Å². The van der Waals surface area contributed by atoms with Crippen LogP contribution in [0.15, 0.2) is 48.7 Å². The van der Waals surface area contributed by atoms with E-state index in [4.69, 9.17) is 5.73 Å². The monoisotopic (exact) mass is 343 g/mol. The van der Waals surface area contributed by atoms with Gasteiger partial charge < -0.3 is 16.0 Å². The number of hydrogen-bond donors (Lipinski definition) is 3. The minimum absolute atomic E-state index is 0.0934. The number of primary amides is 1. The number of amides is 2. The number of aromatic nitrogens is 1. The van der Waals surface area contributed by atoms with Gasteiger partial charge in [0.15, 0.2) is 11.6 Å². The molecule has 0 unspecified atom stereocenters. The van der Waals surface area contributed by atoms with Crippen LogP contribution in [0.4, 0.5) is 8.78 Å². The second-order valence-corrected chi connectivity index (χ2v) is 5.62. The first kappa shape index (κ1) is 16.6. The van der Waals surface area contributed by atoms with E-state index in [9.17, 15) is 18.4 Å². The van der Waals surface area contributed by atoms with Gasteiger partial charge in [-0.3, -0.25) is 9.59 Å². The lowest BCUT2D eigenvalue weighted by atomic mass is 10.0. The van der Waals surface area contributed by atoms with E-state index in [0.29, 0.717) is 0 Å². The average Bonchev–Trinajstić information content (AvgIpc) is 2.99. The molecule has 0 saturated heterocycles. The number of carbonyl (C=O) groups is 2. The molecule has 0 saturated carbocycles. The number of aromatic amines is 1. The number of fused-ring (bicyclic) bond motifs is 1. The Kier molecular flexibility index (Phi) is 4.47. The third kappa shape index (κ3) is 3.50. The molecule has 0 bridgehead atoms. The molecule has 3 rings (SSSR count). The molecule has 5 nitrogen and oxygen atoms in total. The van der Waals surface area contributed by atoms with Crippen LogP contribution in [0.25, 0.3) is 10.9 Å². The Balaban J connectivity index is 1.80. The quantitative estimate of drug-likeness (QED) is 0.664. The van der Waals surface area contributed by atoms with Crippen LogP contribution in [0.2, 0.25) is 0 Å². The van der Waals surface area contributed by atoms with Gasteiger partial charge >= 0.3 is 0 Å². The molecule has 0 spiro atoms. The predicted molar refractivity (Wildman–Crippen MR) is 88.8 cm³/mol. The third-order valence-corrected chi connectivity index (χ3v) is 3.93. The molecule has 0 aliphatic rings. The van der Waals surface area contributed by atoms with E-state index < -0.39 is 29.5 Å². The van der Waals surface area contributed by atoms with E-state index in [1.54, 1.807) is 6.20 Å². The van der Waals surface area contributed by atoms with Crippen LogP contribution >= 0.6 is 0 Å². The molecule has 2 amide bonds. The number of halogens is 2. The van der Waals surface area contributed by atoms with Crippen LogP contribution < -0.4 is 11.1 Å². The maximum absolute atomic E-state index is 13.3. The van der Waals surface area contributed by atoms with Crippen molar-refractivity contribution in [1.82, 2.24) is 10.3 Å². The van der Waals surface area contributed by atoms with Crippen molar-refractivity contribution < 1.29 is 18.4 Å². The SMILES string of the molecule is NC(=O)[C@@H](Cc1c[nH]c2ccccc12)NC(=O)c1ccc(F)c(F)c1. The zero-order valence-electron chi connectivity index (χ0n) is 13.1. The Morgan fingerprint density at radius 1 is 1.12 bits per heavy atom. The number of H-pyrrole nitrogens is 1. The van der Waals surface area contributed by atoms with Crippen LogP contribution in [0.5, 0.6) is 0 Å². The second-order valence-electron chi connectivity index (χ2n) is 5.62. The molecule has 0 aliphatic heterocycles. The van der Waals surface area contributed by atoms with Crippen molar-refractivity contribution in [3.05, 3.63) is 71.4 Å². The fourth-order valence-electron chi connectivity index (χ4n) is 2.62. The number of nitrogens with one attached hydrogen (secondary N) is 2. The minimum Gasteiger partial charge on any atom is -0.368 e. The van der Waals surface area contributed by atoms with Gasteiger partial charge in [0.2, 0.25) is 5.91 Å². The minimum atomic E-state index is -1.14. The van der Waals surface area contributed by atoms with Crippen LogP contribution in [0.1, 0.15) is 15.9 Å². The Bertz CT molecular complexity index is 952. The van der Waals surface area contributed by atoms with Crippen LogP contribution in [0.3, 0.4) is 0 Å². The van der Waals surface area contributed by atoms with Crippen molar-refractivity contribution in [3.8, 4) is 0 Å². The highest BCUT2D eigenvalue weighted by Crippen LogP contribution is 2.19.